The van der Waals surface area contributed by atoms with Gasteiger partial charge in [0, 0.05) is 56.5 Å². The van der Waals surface area contributed by atoms with E-state index in [0.717, 1.165) is 38.2 Å². The predicted molar refractivity (Wildman–Crippen MR) is 157 cm³/mol. The summed E-state index contributed by atoms with van der Waals surface area (Å²) in [5.74, 6) is 0.188. The van der Waals surface area contributed by atoms with Crippen molar-refractivity contribution in [3.8, 4) is 5.75 Å². The van der Waals surface area contributed by atoms with Crippen molar-refractivity contribution in [2.45, 2.75) is 19.5 Å². The van der Waals surface area contributed by atoms with Crippen molar-refractivity contribution < 1.29 is 19.1 Å². The fourth-order valence-corrected chi connectivity index (χ4v) is 4.75. The topological polar surface area (TPSA) is 94.2 Å². The summed E-state index contributed by atoms with van der Waals surface area (Å²) in [6.07, 6.45) is 1.25. The van der Waals surface area contributed by atoms with E-state index >= 15 is 0 Å². The largest absolute Gasteiger partial charge is 0.491 e. The molecule has 9 nitrogen and oxygen atoms in total. The van der Waals surface area contributed by atoms with Gasteiger partial charge in [-0.25, -0.2) is 0 Å². The standard InChI is InChI=1S/C31H37N5O4/c1-23-8-4-5-9-26(23)30(38)33-25-14-12-24(13-15-25)31(39)35(3)27-10-6-7-11-28(27)40-21-16-29(32-22-37)36-19-17-34(2)18-20-36/h4-15,22,29H,16-21H2,1-3H3,(H,32,37)(H,33,38). The van der Waals surface area contributed by atoms with Crippen LogP contribution in [-0.4, -0.2) is 81.1 Å². The number of hydrogen-bond donors (Lipinski definition) is 2. The molecule has 1 heterocycles. The quantitative estimate of drug-likeness (QED) is 0.359. The molecule has 0 aromatic heterocycles. The first-order valence-electron chi connectivity index (χ1n) is 13.5. The Labute approximate surface area is 235 Å². The molecule has 1 aliphatic heterocycles. The van der Waals surface area contributed by atoms with Crippen molar-refractivity contribution in [3.63, 3.8) is 0 Å². The van der Waals surface area contributed by atoms with Crippen LogP contribution in [0.1, 0.15) is 32.7 Å². The van der Waals surface area contributed by atoms with Crippen LogP contribution in [0.5, 0.6) is 5.75 Å². The number of likely N-dealkylation sites (N-methyl/N-ethyl adjacent to an activating group) is 1. The molecule has 1 atom stereocenters. The maximum atomic E-state index is 13.3. The highest BCUT2D eigenvalue weighted by atomic mass is 16.5. The van der Waals surface area contributed by atoms with Crippen LogP contribution in [0.25, 0.3) is 0 Å². The molecular formula is C31H37N5O4. The molecule has 210 valence electrons. The lowest BCUT2D eigenvalue weighted by Gasteiger charge is -2.37. The molecule has 9 heteroatoms. The van der Waals surface area contributed by atoms with Crippen molar-refractivity contribution in [3.05, 3.63) is 89.5 Å². The zero-order valence-electron chi connectivity index (χ0n) is 23.3. The van der Waals surface area contributed by atoms with Crippen molar-refractivity contribution in [2.24, 2.45) is 0 Å². The van der Waals surface area contributed by atoms with Gasteiger partial charge in [-0.2, -0.15) is 0 Å². The zero-order valence-corrected chi connectivity index (χ0v) is 23.3. The van der Waals surface area contributed by atoms with Gasteiger partial charge in [-0.1, -0.05) is 30.3 Å². The molecule has 4 rings (SSSR count). The first kappa shape index (κ1) is 28.8. The smallest absolute Gasteiger partial charge is 0.258 e. The van der Waals surface area contributed by atoms with Gasteiger partial charge in [-0.3, -0.25) is 19.3 Å². The second-order valence-electron chi connectivity index (χ2n) is 9.95. The first-order valence-corrected chi connectivity index (χ1v) is 13.5. The van der Waals surface area contributed by atoms with Gasteiger partial charge in [-0.15, -0.1) is 0 Å². The highest BCUT2D eigenvalue weighted by molar-refractivity contribution is 6.08. The molecule has 0 radical (unpaired) electrons. The summed E-state index contributed by atoms with van der Waals surface area (Å²) in [7, 11) is 3.80. The summed E-state index contributed by atoms with van der Waals surface area (Å²) >= 11 is 0. The van der Waals surface area contributed by atoms with Gasteiger partial charge in [0.25, 0.3) is 11.8 Å². The lowest BCUT2D eigenvalue weighted by atomic mass is 10.1. The molecule has 3 aromatic carbocycles. The summed E-state index contributed by atoms with van der Waals surface area (Å²) in [5.41, 5.74) is 3.23. The maximum absolute atomic E-state index is 13.3. The van der Waals surface area contributed by atoms with E-state index in [4.69, 9.17) is 4.74 Å². The van der Waals surface area contributed by atoms with Crippen LogP contribution in [0.3, 0.4) is 0 Å². The number of nitrogens with one attached hydrogen (secondary N) is 2. The Balaban J connectivity index is 1.37. The number of aryl methyl sites for hydroxylation is 1. The predicted octanol–water partition coefficient (Wildman–Crippen LogP) is 3.61. The number of amides is 3. The molecule has 1 unspecified atom stereocenters. The van der Waals surface area contributed by atoms with Crippen LogP contribution >= 0.6 is 0 Å². The summed E-state index contributed by atoms with van der Waals surface area (Å²) in [5, 5.41) is 5.80. The Kier molecular flexibility index (Phi) is 9.88. The summed E-state index contributed by atoms with van der Waals surface area (Å²) < 4.78 is 6.11. The lowest BCUT2D eigenvalue weighted by molar-refractivity contribution is -0.111. The number of carbonyl (C=O) groups is 3. The fraction of sp³-hybridized carbons (Fsp3) is 0.323. The average Bonchev–Trinajstić information content (AvgIpc) is 2.97. The number of hydrogen-bond acceptors (Lipinski definition) is 6. The van der Waals surface area contributed by atoms with E-state index in [1.807, 2.05) is 49.4 Å². The minimum absolute atomic E-state index is 0.109. The minimum atomic E-state index is -0.203. The minimum Gasteiger partial charge on any atom is -0.491 e. The molecule has 0 saturated carbocycles. The third-order valence-electron chi connectivity index (χ3n) is 7.20. The van der Waals surface area contributed by atoms with Crippen molar-refractivity contribution >= 4 is 29.6 Å². The van der Waals surface area contributed by atoms with Gasteiger partial charge in [0.15, 0.2) is 0 Å². The molecular weight excluding hydrogens is 506 g/mol. The molecule has 1 fully saturated rings. The molecule has 3 aromatic rings. The van der Waals surface area contributed by atoms with E-state index in [1.54, 1.807) is 42.3 Å². The van der Waals surface area contributed by atoms with Crippen molar-refractivity contribution in [1.82, 2.24) is 15.1 Å². The monoisotopic (exact) mass is 543 g/mol. The van der Waals surface area contributed by atoms with Crippen LogP contribution in [0, 0.1) is 6.92 Å². The third-order valence-corrected chi connectivity index (χ3v) is 7.20. The van der Waals surface area contributed by atoms with Crippen molar-refractivity contribution in [2.75, 3.05) is 57.1 Å². The van der Waals surface area contributed by atoms with E-state index in [0.29, 0.717) is 41.3 Å². The number of rotatable bonds is 11. The molecule has 2 N–H and O–H groups in total. The normalized spacial score (nSPS) is 14.7. The number of para-hydroxylation sites is 2. The molecule has 0 aliphatic carbocycles. The van der Waals surface area contributed by atoms with Gasteiger partial charge in [0.05, 0.1) is 18.5 Å². The fourth-order valence-electron chi connectivity index (χ4n) is 4.75. The highest BCUT2D eigenvalue weighted by Crippen LogP contribution is 2.29. The Morgan fingerprint density at radius 2 is 1.65 bits per heavy atom. The molecule has 0 bridgehead atoms. The Bertz CT molecular complexity index is 1310. The van der Waals surface area contributed by atoms with Crippen LogP contribution in [0.2, 0.25) is 0 Å². The van der Waals surface area contributed by atoms with Crippen LogP contribution in [0.15, 0.2) is 72.8 Å². The number of piperazine rings is 1. The summed E-state index contributed by atoms with van der Waals surface area (Å²) in [6.45, 7) is 5.93. The third kappa shape index (κ3) is 7.25. The summed E-state index contributed by atoms with van der Waals surface area (Å²) in [6, 6.07) is 21.6. The Hall–Kier alpha value is -4.21. The number of carbonyl (C=O) groups excluding carboxylic acids is 3. The molecule has 1 saturated heterocycles. The lowest BCUT2D eigenvalue weighted by Crippen LogP contribution is -2.54. The molecule has 3 amide bonds. The summed E-state index contributed by atoms with van der Waals surface area (Å²) in [4.78, 5) is 43.2. The van der Waals surface area contributed by atoms with E-state index in [-0.39, 0.29) is 18.0 Å². The zero-order chi connectivity index (χ0) is 28.5. The van der Waals surface area contributed by atoms with Crippen LogP contribution < -0.4 is 20.3 Å². The van der Waals surface area contributed by atoms with Gasteiger partial charge in [0.2, 0.25) is 6.41 Å². The molecule has 0 spiro atoms. The maximum Gasteiger partial charge on any atom is 0.258 e. The van der Waals surface area contributed by atoms with E-state index in [1.165, 1.54) is 0 Å². The van der Waals surface area contributed by atoms with E-state index in [2.05, 4.69) is 27.5 Å². The van der Waals surface area contributed by atoms with E-state index < -0.39 is 0 Å². The Morgan fingerprint density at radius 1 is 0.975 bits per heavy atom. The Morgan fingerprint density at radius 3 is 2.35 bits per heavy atom. The second-order valence-corrected chi connectivity index (χ2v) is 9.95. The van der Waals surface area contributed by atoms with Crippen LogP contribution in [0.4, 0.5) is 11.4 Å². The average molecular weight is 544 g/mol. The number of nitrogens with zero attached hydrogens (tertiary/aromatic N) is 3. The van der Waals surface area contributed by atoms with Crippen molar-refractivity contribution in [1.29, 1.82) is 0 Å². The van der Waals surface area contributed by atoms with Gasteiger partial charge in [0.1, 0.15) is 5.75 Å². The second kappa shape index (κ2) is 13.7. The molecule has 1 aliphatic rings. The number of ether oxygens (including phenoxy) is 1. The SMILES string of the molecule is Cc1ccccc1C(=O)Nc1ccc(C(=O)N(C)c2ccccc2OCCC(NC=O)N2CCN(C)CC2)cc1. The molecule has 40 heavy (non-hydrogen) atoms. The van der Waals surface area contributed by atoms with Gasteiger partial charge in [-0.05, 0) is 62.0 Å². The van der Waals surface area contributed by atoms with Gasteiger partial charge < -0.3 is 25.2 Å². The van der Waals surface area contributed by atoms with Crippen LogP contribution in [-0.2, 0) is 4.79 Å². The first-order chi connectivity index (χ1) is 19.4. The number of anilines is 2. The van der Waals surface area contributed by atoms with E-state index in [9.17, 15) is 14.4 Å². The van der Waals surface area contributed by atoms with Gasteiger partial charge >= 0.3 is 0 Å². The number of benzene rings is 3. The highest BCUT2D eigenvalue weighted by Gasteiger charge is 2.23.